The zero-order valence-corrected chi connectivity index (χ0v) is 18.5. The largest absolute Gasteiger partial charge is 0.354 e. The van der Waals surface area contributed by atoms with Gasteiger partial charge in [-0.05, 0) is 49.4 Å². The molecule has 156 valence electrons. The standard InChI is InChI=1S/C21H27Cl2N5O/c1-15(18-5-4-17(22)13-19(18)23)27(3)21(29)25-14-16-6-7-24-20(12-16)28-10-8-26(2)9-11-28/h4-7,12-13,15H,8-11,14H2,1-3H3,(H,25,29). The van der Waals surface area contributed by atoms with E-state index in [4.69, 9.17) is 23.2 Å². The molecule has 1 aliphatic heterocycles. The Labute approximate surface area is 182 Å². The van der Waals surface area contributed by atoms with Gasteiger partial charge in [-0.15, -0.1) is 0 Å². The quantitative estimate of drug-likeness (QED) is 0.769. The second-order valence-electron chi connectivity index (χ2n) is 7.42. The van der Waals surface area contributed by atoms with Gasteiger partial charge in [-0.1, -0.05) is 29.3 Å². The number of nitrogens with zero attached hydrogens (tertiary/aromatic N) is 4. The number of likely N-dealkylation sites (N-methyl/N-ethyl adjacent to an activating group) is 1. The number of pyridine rings is 1. The summed E-state index contributed by atoms with van der Waals surface area (Å²) in [6, 6.07) is 8.95. The highest BCUT2D eigenvalue weighted by atomic mass is 35.5. The number of benzene rings is 1. The third-order valence-corrected chi connectivity index (χ3v) is 5.96. The highest BCUT2D eigenvalue weighted by Gasteiger charge is 2.20. The van der Waals surface area contributed by atoms with E-state index in [-0.39, 0.29) is 12.1 Å². The van der Waals surface area contributed by atoms with Gasteiger partial charge in [0.25, 0.3) is 0 Å². The molecule has 1 N–H and O–H groups in total. The monoisotopic (exact) mass is 435 g/mol. The van der Waals surface area contributed by atoms with Gasteiger partial charge in [0, 0.05) is 56.0 Å². The highest BCUT2D eigenvalue weighted by molar-refractivity contribution is 6.35. The Kier molecular flexibility index (Phi) is 7.22. The fourth-order valence-corrected chi connectivity index (χ4v) is 3.87. The molecule has 1 fully saturated rings. The van der Waals surface area contributed by atoms with E-state index in [0.717, 1.165) is 43.1 Å². The van der Waals surface area contributed by atoms with E-state index in [9.17, 15) is 4.79 Å². The molecule has 3 rings (SSSR count). The summed E-state index contributed by atoms with van der Waals surface area (Å²) < 4.78 is 0. The Morgan fingerprint density at radius 3 is 2.62 bits per heavy atom. The molecule has 2 amide bonds. The van der Waals surface area contributed by atoms with Gasteiger partial charge >= 0.3 is 6.03 Å². The smallest absolute Gasteiger partial charge is 0.317 e. The minimum absolute atomic E-state index is 0.165. The van der Waals surface area contributed by atoms with Crippen LogP contribution in [0.25, 0.3) is 0 Å². The predicted molar refractivity (Wildman–Crippen MR) is 119 cm³/mol. The fraction of sp³-hybridized carbons (Fsp3) is 0.429. The van der Waals surface area contributed by atoms with E-state index in [1.807, 2.05) is 25.1 Å². The molecule has 1 saturated heterocycles. The molecule has 29 heavy (non-hydrogen) atoms. The predicted octanol–water partition coefficient (Wildman–Crippen LogP) is 4.04. The van der Waals surface area contributed by atoms with E-state index in [1.54, 1.807) is 30.3 Å². The lowest BCUT2D eigenvalue weighted by Gasteiger charge is -2.33. The van der Waals surface area contributed by atoms with E-state index < -0.39 is 0 Å². The number of rotatable bonds is 5. The van der Waals surface area contributed by atoms with Crippen LogP contribution in [-0.4, -0.2) is 61.1 Å². The van der Waals surface area contributed by atoms with Gasteiger partial charge in [0.15, 0.2) is 0 Å². The van der Waals surface area contributed by atoms with Crippen LogP contribution in [0, 0.1) is 0 Å². The number of anilines is 1. The number of hydrogen-bond donors (Lipinski definition) is 1. The third kappa shape index (κ3) is 5.53. The number of nitrogens with one attached hydrogen (secondary N) is 1. The summed E-state index contributed by atoms with van der Waals surface area (Å²) in [5, 5.41) is 4.11. The van der Waals surface area contributed by atoms with Crippen LogP contribution >= 0.6 is 23.2 Å². The molecule has 0 aliphatic carbocycles. The van der Waals surface area contributed by atoms with E-state index in [2.05, 4.69) is 27.1 Å². The van der Waals surface area contributed by atoms with Crippen LogP contribution in [0.5, 0.6) is 0 Å². The summed E-state index contributed by atoms with van der Waals surface area (Å²) in [5.41, 5.74) is 1.88. The number of carbonyl (C=O) groups excluding carboxylic acids is 1. The van der Waals surface area contributed by atoms with Crippen molar-refractivity contribution in [2.45, 2.75) is 19.5 Å². The lowest BCUT2D eigenvalue weighted by molar-refractivity contribution is 0.194. The van der Waals surface area contributed by atoms with Crippen LogP contribution in [0.15, 0.2) is 36.5 Å². The second kappa shape index (κ2) is 9.65. The number of aromatic nitrogens is 1. The molecule has 1 aromatic heterocycles. The van der Waals surface area contributed by atoms with Crippen LogP contribution in [-0.2, 0) is 6.54 Å². The summed E-state index contributed by atoms with van der Waals surface area (Å²) >= 11 is 12.3. The third-order valence-electron chi connectivity index (χ3n) is 5.39. The zero-order chi connectivity index (χ0) is 21.0. The van der Waals surface area contributed by atoms with E-state index in [1.165, 1.54) is 0 Å². The number of piperazine rings is 1. The van der Waals surface area contributed by atoms with Gasteiger partial charge in [0.1, 0.15) is 5.82 Å². The molecular weight excluding hydrogens is 409 g/mol. The average molecular weight is 436 g/mol. The first-order chi connectivity index (χ1) is 13.8. The van der Waals surface area contributed by atoms with Crippen LogP contribution in [0.4, 0.5) is 10.6 Å². The lowest BCUT2D eigenvalue weighted by Crippen LogP contribution is -2.44. The maximum atomic E-state index is 12.6. The van der Waals surface area contributed by atoms with Crippen LogP contribution in [0.2, 0.25) is 10.0 Å². The van der Waals surface area contributed by atoms with Crippen molar-refractivity contribution < 1.29 is 4.79 Å². The highest BCUT2D eigenvalue weighted by Crippen LogP contribution is 2.29. The van der Waals surface area contributed by atoms with Gasteiger partial charge in [0.05, 0.1) is 6.04 Å². The van der Waals surface area contributed by atoms with Crippen molar-refractivity contribution in [2.75, 3.05) is 45.2 Å². The average Bonchev–Trinajstić information content (AvgIpc) is 2.71. The number of amides is 2. The Morgan fingerprint density at radius 2 is 1.93 bits per heavy atom. The van der Waals surface area contributed by atoms with Crippen molar-refractivity contribution in [3.8, 4) is 0 Å². The van der Waals surface area contributed by atoms with Crippen molar-refractivity contribution in [1.29, 1.82) is 0 Å². The van der Waals surface area contributed by atoms with Gasteiger partial charge in [0.2, 0.25) is 0 Å². The first kappa shape index (κ1) is 21.7. The summed E-state index contributed by atoms with van der Waals surface area (Å²) in [6.07, 6.45) is 1.80. The summed E-state index contributed by atoms with van der Waals surface area (Å²) in [6.45, 7) is 6.35. The second-order valence-corrected chi connectivity index (χ2v) is 8.27. The van der Waals surface area contributed by atoms with Crippen molar-refractivity contribution in [1.82, 2.24) is 20.1 Å². The molecule has 1 aromatic carbocycles. The normalized spacial score (nSPS) is 15.8. The molecule has 1 atom stereocenters. The molecule has 0 radical (unpaired) electrons. The molecule has 1 unspecified atom stereocenters. The minimum Gasteiger partial charge on any atom is -0.354 e. The Balaban J connectivity index is 1.59. The molecule has 1 aliphatic rings. The number of halogens is 2. The van der Waals surface area contributed by atoms with Crippen LogP contribution in [0.1, 0.15) is 24.1 Å². The maximum absolute atomic E-state index is 12.6. The maximum Gasteiger partial charge on any atom is 0.317 e. The Hall–Kier alpha value is -2.02. The molecule has 0 spiro atoms. The molecular formula is C21H27Cl2N5O. The minimum atomic E-state index is -0.182. The topological polar surface area (TPSA) is 51.7 Å². The van der Waals surface area contributed by atoms with Crippen molar-refractivity contribution >= 4 is 35.1 Å². The molecule has 6 nitrogen and oxygen atoms in total. The Morgan fingerprint density at radius 1 is 1.21 bits per heavy atom. The fourth-order valence-electron chi connectivity index (χ4n) is 3.31. The molecule has 0 bridgehead atoms. The Bertz CT molecular complexity index is 855. The van der Waals surface area contributed by atoms with Gasteiger partial charge in [-0.2, -0.15) is 0 Å². The molecule has 0 saturated carbocycles. The van der Waals surface area contributed by atoms with Crippen LogP contribution in [0.3, 0.4) is 0 Å². The summed E-state index contributed by atoms with van der Waals surface area (Å²) in [4.78, 5) is 23.4. The van der Waals surface area contributed by atoms with Gasteiger partial charge in [-0.3, -0.25) is 0 Å². The van der Waals surface area contributed by atoms with Crippen molar-refractivity contribution in [3.63, 3.8) is 0 Å². The number of hydrogen-bond acceptors (Lipinski definition) is 4. The SMILES string of the molecule is CC(c1ccc(Cl)cc1Cl)N(C)C(=O)NCc1ccnc(N2CCN(C)CC2)c1. The molecule has 2 heterocycles. The van der Waals surface area contributed by atoms with Gasteiger partial charge in [-0.25, -0.2) is 9.78 Å². The van der Waals surface area contributed by atoms with Crippen molar-refractivity contribution in [2.24, 2.45) is 0 Å². The number of carbonyl (C=O) groups is 1. The summed E-state index contributed by atoms with van der Waals surface area (Å²) in [5.74, 6) is 0.958. The van der Waals surface area contributed by atoms with E-state index in [0.29, 0.717) is 16.6 Å². The van der Waals surface area contributed by atoms with Gasteiger partial charge < -0.3 is 20.0 Å². The molecule has 8 heteroatoms. The zero-order valence-electron chi connectivity index (χ0n) is 17.0. The first-order valence-electron chi connectivity index (χ1n) is 9.69. The summed E-state index contributed by atoms with van der Waals surface area (Å²) in [7, 11) is 3.89. The molecule has 2 aromatic rings. The van der Waals surface area contributed by atoms with Crippen LogP contribution < -0.4 is 10.2 Å². The first-order valence-corrected chi connectivity index (χ1v) is 10.4. The lowest BCUT2D eigenvalue weighted by atomic mass is 10.1. The van der Waals surface area contributed by atoms with Crippen molar-refractivity contribution in [3.05, 3.63) is 57.7 Å². The number of urea groups is 1. The van der Waals surface area contributed by atoms with E-state index >= 15 is 0 Å².